The number of rotatable bonds is 7. The summed E-state index contributed by atoms with van der Waals surface area (Å²) in [6, 6.07) is 13.8. The summed E-state index contributed by atoms with van der Waals surface area (Å²) < 4.78 is 6.97. The van der Waals surface area contributed by atoms with Crippen LogP contribution in [-0.4, -0.2) is 6.54 Å². The lowest BCUT2D eigenvalue weighted by molar-refractivity contribution is 0.300. The zero-order chi connectivity index (χ0) is 15.1. The van der Waals surface area contributed by atoms with E-state index in [1.165, 1.54) is 0 Å². The molecule has 0 saturated heterocycles. The van der Waals surface area contributed by atoms with Gasteiger partial charge >= 0.3 is 0 Å². The normalized spacial score (nSPS) is 10.6. The number of benzene rings is 2. The van der Waals surface area contributed by atoms with Gasteiger partial charge in [-0.3, -0.25) is 0 Å². The van der Waals surface area contributed by atoms with Gasteiger partial charge in [-0.2, -0.15) is 0 Å². The van der Waals surface area contributed by atoms with Gasteiger partial charge in [-0.05, 0) is 52.7 Å². The van der Waals surface area contributed by atoms with Gasteiger partial charge < -0.3 is 10.1 Å². The van der Waals surface area contributed by atoms with Crippen LogP contribution in [-0.2, 0) is 13.2 Å². The van der Waals surface area contributed by atoms with Crippen molar-refractivity contribution in [2.75, 3.05) is 6.54 Å². The highest BCUT2D eigenvalue weighted by Gasteiger charge is 2.08. The maximum absolute atomic E-state index is 6.00. The molecule has 2 nitrogen and oxygen atoms in total. The van der Waals surface area contributed by atoms with Crippen molar-refractivity contribution >= 4 is 27.5 Å². The molecule has 0 amide bonds. The van der Waals surface area contributed by atoms with Crippen molar-refractivity contribution < 1.29 is 4.74 Å². The second-order valence-corrected chi connectivity index (χ2v) is 6.11. The highest BCUT2D eigenvalue weighted by Crippen LogP contribution is 2.30. The van der Waals surface area contributed by atoms with Crippen LogP contribution in [0.25, 0.3) is 0 Å². The second-order valence-electron chi connectivity index (χ2n) is 4.82. The third-order valence-electron chi connectivity index (χ3n) is 3.06. The summed E-state index contributed by atoms with van der Waals surface area (Å²) in [6.07, 6.45) is 1.12. The van der Waals surface area contributed by atoms with Crippen LogP contribution in [0.4, 0.5) is 0 Å². The van der Waals surface area contributed by atoms with Crippen LogP contribution in [0.2, 0.25) is 5.02 Å². The Morgan fingerprint density at radius 3 is 2.76 bits per heavy atom. The zero-order valence-electron chi connectivity index (χ0n) is 12.0. The van der Waals surface area contributed by atoms with Crippen molar-refractivity contribution in [3.8, 4) is 5.75 Å². The number of nitrogens with one attached hydrogen (secondary N) is 1. The molecule has 0 aliphatic rings. The van der Waals surface area contributed by atoms with Crippen LogP contribution in [0, 0.1) is 0 Å². The van der Waals surface area contributed by atoms with Crippen LogP contribution in [0.3, 0.4) is 0 Å². The van der Waals surface area contributed by atoms with Gasteiger partial charge in [0.05, 0.1) is 4.47 Å². The third kappa shape index (κ3) is 5.03. The predicted molar refractivity (Wildman–Crippen MR) is 91.9 cm³/mol. The first kappa shape index (κ1) is 16.3. The van der Waals surface area contributed by atoms with Gasteiger partial charge in [-0.25, -0.2) is 0 Å². The maximum Gasteiger partial charge on any atom is 0.138 e. The van der Waals surface area contributed by atoms with Gasteiger partial charge in [-0.1, -0.05) is 42.8 Å². The first-order valence-corrected chi connectivity index (χ1v) is 8.23. The number of para-hydroxylation sites is 1. The molecule has 0 saturated carbocycles. The van der Waals surface area contributed by atoms with Gasteiger partial charge in [-0.15, -0.1) is 0 Å². The van der Waals surface area contributed by atoms with E-state index in [-0.39, 0.29) is 0 Å². The van der Waals surface area contributed by atoms with Crippen molar-refractivity contribution in [1.82, 2.24) is 5.32 Å². The number of hydrogen-bond acceptors (Lipinski definition) is 2. The Balaban J connectivity index is 2.07. The molecule has 2 aromatic carbocycles. The molecule has 0 aliphatic carbocycles. The second kappa shape index (κ2) is 8.42. The molecule has 0 radical (unpaired) electrons. The lowest BCUT2D eigenvalue weighted by Crippen LogP contribution is -2.14. The highest BCUT2D eigenvalue weighted by molar-refractivity contribution is 9.10. The highest BCUT2D eigenvalue weighted by atomic mass is 79.9. The molecule has 21 heavy (non-hydrogen) atoms. The SMILES string of the molecule is CCCNCc1cccc(Br)c1OCc1cccc(Cl)c1. The maximum atomic E-state index is 6.00. The molecule has 0 heterocycles. The minimum atomic E-state index is 0.504. The molecule has 1 N–H and O–H groups in total. The molecule has 0 fully saturated rings. The summed E-state index contributed by atoms with van der Waals surface area (Å²) in [5, 5.41) is 4.13. The minimum absolute atomic E-state index is 0.504. The van der Waals surface area contributed by atoms with Crippen molar-refractivity contribution in [3.63, 3.8) is 0 Å². The smallest absolute Gasteiger partial charge is 0.138 e. The van der Waals surface area contributed by atoms with Crippen LogP contribution < -0.4 is 10.1 Å². The number of hydrogen-bond donors (Lipinski definition) is 1. The molecule has 2 aromatic rings. The molecule has 4 heteroatoms. The molecule has 0 atom stereocenters. The summed E-state index contributed by atoms with van der Waals surface area (Å²) in [7, 11) is 0. The van der Waals surface area contributed by atoms with E-state index >= 15 is 0 Å². The first-order valence-electron chi connectivity index (χ1n) is 7.06. The Labute approximate surface area is 139 Å². The van der Waals surface area contributed by atoms with E-state index in [1.807, 2.05) is 36.4 Å². The van der Waals surface area contributed by atoms with Crippen LogP contribution >= 0.6 is 27.5 Å². The van der Waals surface area contributed by atoms with Crippen molar-refractivity contribution in [1.29, 1.82) is 0 Å². The lowest BCUT2D eigenvalue weighted by atomic mass is 10.2. The average Bonchev–Trinajstić information content (AvgIpc) is 2.47. The van der Waals surface area contributed by atoms with Gasteiger partial charge in [0, 0.05) is 17.1 Å². The fraction of sp³-hybridized carbons (Fsp3) is 0.294. The van der Waals surface area contributed by atoms with Crippen molar-refractivity contribution in [3.05, 3.63) is 63.1 Å². The predicted octanol–water partition coefficient (Wildman–Crippen LogP) is 5.18. The minimum Gasteiger partial charge on any atom is -0.487 e. The van der Waals surface area contributed by atoms with Crippen molar-refractivity contribution in [2.45, 2.75) is 26.5 Å². The van der Waals surface area contributed by atoms with E-state index in [2.05, 4.69) is 34.2 Å². The van der Waals surface area contributed by atoms with E-state index in [0.717, 1.165) is 45.9 Å². The topological polar surface area (TPSA) is 21.3 Å². The molecule has 0 aromatic heterocycles. The Bertz CT molecular complexity index is 589. The van der Waals surface area contributed by atoms with Gasteiger partial charge in [0.1, 0.15) is 12.4 Å². The molecule has 0 spiro atoms. The third-order valence-corrected chi connectivity index (χ3v) is 3.92. The summed E-state index contributed by atoms with van der Waals surface area (Å²) >= 11 is 9.56. The fourth-order valence-corrected chi connectivity index (χ4v) is 2.77. The van der Waals surface area contributed by atoms with E-state index in [9.17, 15) is 0 Å². The van der Waals surface area contributed by atoms with Gasteiger partial charge in [0.15, 0.2) is 0 Å². The molecular weight excluding hydrogens is 350 g/mol. The Morgan fingerprint density at radius 1 is 1.19 bits per heavy atom. The molecular formula is C17H19BrClNO. The fourth-order valence-electron chi connectivity index (χ4n) is 2.04. The summed E-state index contributed by atoms with van der Waals surface area (Å²) in [5.74, 6) is 0.890. The van der Waals surface area contributed by atoms with Gasteiger partial charge in [0.25, 0.3) is 0 Å². The van der Waals surface area contributed by atoms with E-state index in [0.29, 0.717) is 6.61 Å². The first-order chi connectivity index (χ1) is 10.2. The number of ether oxygens (including phenoxy) is 1. The monoisotopic (exact) mass is 367 g/mol. The summed E-state index contributed by atoms with van der Waals surface area (Å²) in [4.78, 5) is 0. The molecule has 0 unspecified atom stereocenters. The molecule has 112 valence electrons. The molecule has 0 aliphatic heterocycles. The largest absolute Gasteiger partial charge is 0.487 e. The quantitative estimate of drug-likeness (QED) is 0.680. The molecule has 2 rings (SSSR count). The Morgan fingerprint density at radius 2 is 2.00 bits per heavy atom. The van der Waals surface area contributed by atoms with E-state index in [4.69, 9.17) is 16.3 Å². The van der Waals surface area contributed by atoms with E-state index < -0.39 is 0 Å². The van der Waals surface area contributed by atoms with Crippen LogP contribution in [0.1, 0.15) is 24.5 Å². The average molecular weight is 369 g/mol. The Hall–Kier alpha value is -1.03. The van der Waals surface area contributed by atoms with Crippen LogP contribution in [0.5, 0.6) is 5.75 Å². The standard InChI is InChI=1S/C17H19BrClNO/c1-2-9-20-11-14-6-4-8-16(18)17(14)21-12-13-5-3-7-15(19)10-13/h3-8,10,20H,2,9,11-12H2,1H3. The lowest BCUT2D eigenvalue weighted by Gasteiger charge is -2.14. The van der Waals surface area contributed by atoms with Crippen molar-refractivity contribution in [2.24, 2.45) is 0 Å². The number of halogens is 2. The Kier molecular flexibility index (Phi) is 6.55. The van der Waals surface area contributed by atoms with E-state index in [1.54, 1.807) is 0 Å². The summed E-state index contributed by atoms with van der Waals surface area (Å²) in [5.41, 5.74) is 2.21. The zero-order valence-corrected chi connectivity index (χ0v) is 14.4. The van der Waals surface area contributed by atoms with Crippen LogP contribution in [0.15, 0.2) is 46.9 Å². The van der Waals surface area contributed by atoms with Gasteiger partial charge in [0.2, 0.25) is 0 Å². The summed E-state index contributed by atoms with van der Waals surface area (Å²) in [6.45, 7) is 4.47. The molecule has 0 bridgehead atoms.